The summed E-state index contributed by atoms with van der Waals surface area (Å²) in [6, 6.07) is 8.04. The largest absolute Gasteiger partial charge is 0.310 e. The van der Waals surface area contributed by atoms with Crippen LogP contribution in [-0.4, -0.2) is 35.4 Å². The van der Waals surface area contributed by atoms with Crippen LogP contribution in [0.25, 0.3) is 22.4 Å². The number of anilines is 1. The predicted molar refractivity (Wildman–Crippen MR) is 102 cm³/mol. The molecular weight excluding hydrogens is 361 g/mol. The molecule has 0 aliphatic heterocycles. The fourth-order valence-corrected chi connectivity index (χ4v) is 2.96. The molecule has 1 amide bonds. The van der Waals surface area contributed by atoms with Crippen molar-refractivity contribution in [2.45, 2.75) is 19.9 Å². The van der Waals surface area contributed by atoms with Gasteiger partial charge in [-0.1, -0.05) is 6.07 Å². The summed E-state index contributed by atoms with van der Waals surface area (Å²) in [6.07, 6.45) is 3.32. The molecule has 1 N–H and O–H groups in total. The maximum atomic E-state index is 14.4. The summed E-state index contributed by atoms with van der Waals surface area (Å²) >= 11 is 0. The molecule has 1 aromatic carbocycles. The number of rotatable bonds is 4. The first-order valence-corrected chi connectivity index (χ1v) is 8.73. The van der Waals surface area contributed by atoms with Gasteiger partial charge in [-0.05, 0) is 38.1 Å². The van der Waals surface area contributed by atoms with Gasteiger partial charge in [0.25, 0.3) is 5.91 Å². The number of hydrogen-bond donors (Lipinski definition) is 1. The van der Waals surface area contributed by atoms with E-state index in [2.05, 4.69) is 25.6 Å². The zero-order chi connectivity index (χ0) is 19.8. The van der Waals surface area contributed by atoms with Crippen molar-refractivity contribution < 1.29 is 9.18 Å². The van der Waals surface area contributed by atoms with Gasteiger partial charge in [-0.2, -0.15) is 5.10 Å². The number of pyridine rings is 1. The van der Waals surface area contributed by atoms with E-state index in [0.717, 1.165) is 0 Å². The highest BCUT2D eigenvalue weighted by atomic mass is 19.1. The average molecular weight is 379 g/mol. The molecule has 28 heavy (non-hydrogen) atoms. The van der Waals surface area contributed by atoms with Crippen molar-refractivity contribution >= 4 is 22.6 Å². The third-order valence-corrected chi connectivity index (χ3v) is 4.30. The van der Waals surface area contributed by atoms with E-state index in [1.165, 1.54) is 12.1 Å². The van der Waals surface area contributed by atoms with Crippen LogP contribution in [0, 0.1) is 5.82 Å². The molecule has 4 aromatic rings. The number of aromatic nitrogens is 6. The molecule has 0 saturated heterocycles. The lowest BCUT2D eigenvalue weighted by Gasteiger charge is -2.11. The maximum absolute atomic E-state index is 14.4. The minimum Gasteiger partial charge on any atom is -0.310 e. The minimum absolute atomic E-state index is 0.0937. The minimum atomic E-state index is -0.617. The van der Waals surface area contributed by atoms with Gasteiger partial charge in [0, 0.05) is 24.7 Å². The Morgan fingerprint density at radius 3 is 2.86 bits per heavy atom. The topological polar surface area (TPSA) is 90.5 Å². The van der Waals surface area contributed by atoms with E-state index in [1.807, 2.05) is 18.4 Å². The summed E-state index contributed by atoms with van der Waals surface area (Å²) in [7, 11) is 1.74. The van der Waals surface area contributed by atoms with Crippen molar-refractivity contribution in [2.24, 2.45) is 7.05 Å². The molecule has 142 valence electrons. The number of nitrogens with zero attached hydrogens (tertiary/aromatic N) is 6. The first-order valence-electron chi connectivity index (χ1n) is 8.73. The molecule has 0 radical (unpaired) electrons. The lowest BCUT2D eigenvalue weighted by molar-refractivity contribution is 0.102. The van der Waals surface area contributed by atoms with Gasteiger partial charge in [-0.15, -0.1) is 10.2 Å². The van der Waals surface area contributed by atoms with Crippen molar-refractivity contribution in [2.75, 3.05) is 5.32 Å². The van der Waals surface area contributed by atoms with Crippen LogP contribution < -0.4 is 5.32 Å². The number of amides is 1. The van der Waals surface area contributed by atoms with Crippen molar-refractivity contribution in [3.63, 3.8) is 0 Å². The standard InChI is InChI=1S/C19H18FN7O/c1-11(2)27-10-21-24-18(27)15-5-4-6-17(22-15)23-19(28)13-8-16-12(7-14(13)20)9-26(3)25-16/h4-11H,1-3H3,(H,22,23,28). The van der Waals surface area contributed by atoms with Gasteiger partial charge >= 0.3 is 0 Å². The van der Waals surface area contributed by atoms with Crippen LogP contribution in [0.15, 0.2) is 42.9 Å². The summed E-state index contributed by atoms with van der Waals surface area (Å²) in [5.41, 5.74) is 1.01. The number of hydrogen-bond acceptors (Lipinski definition) is 5. The Balaban J connectivity index is 1.63. The van der Waals surface area contributed by atoms with Crippen LogP contribution in [0.2, 0.25) is 0 Å². The lowest BCUT2D eigenvalue weighted by atomic mass is 10.1. The van der Waals surface area contributed by atoms with Crippen molar-refractivity contribution in [1.82, 2.24) is 29.5 Å². The van der Waals surface area contributed by atoms with Gasteiger partial charge in [0.05, 0.1) is 11.1 Å². The van der Waals surface area contributed by atoms with Crippen molar-refractivity contribution in [3.8, 4) is 11.5 Å². The molecule has 0 fully saturated rings. The van der Waals surface area contributed by atoms with Gasteiger partial charge in [0.1, 0.15) is 23.7 Å². The Morgan fingerprint density at radius 1 is 1.25 bits per heavy atom. The fraction of sp³-hybridized carbons (Fsp3) is 0.211. The number of carbonyl (C=O) groups is 1. The molecule has 4 rings (SSSR count). The van der Waals surface area contributed by atoms with E-state index in [4.69, 9.17) is 0 Å². The number of nitrogens with one attached hydrogen (secondary N) is 1. The summed E-state index contributed by atoms with van der Waals surface area (Å²) < 4.78 is 17.8. The zero-order valence-electron chi connectivity index (χ0n) is 15.6. The third-order valence-electron chi connectivity index (χ3n) is 4.30. The Morgan fingerprint density at radius 2 is 2.07 bits per heavy atom. The average Bonchev–Trinajstić information content (AvgIpc) is 3.26. The molecule has 0 bridgehead atoms. The van der Waals surface area contributed by atoms with Gasteiger partial charge in [0.15, 0.2) is 5.82 Å². The van der Waals surface area contributed by atoms with Gasteiger partial charge in [-0.25, -0.2) is 9.37 Å². The van der Waals surface area contributed by atoms with Crippen LogP contribution in [0.3, 0.4) is 0 Å². The van der Waals surface area contributed by atoms with Crippen molar-refractivity contribution in [1.29, 1.82) is 0 Å². The highest BCUT2D eigenvalue weighted by Gasteiger charge is 2.17. The highest BCUT2D eigenvalue weighted by Crippen LogP contribution is 2.21. The summed E-state index contributed by atoms with van der Waals surface area (Å²) in [4.78, 5) is 17.0. The second-order valence-electron chi connectivity index (χ2n) is 6.71. The number of halogens is 1. The van der Waals surface area contributed by atoms with Gasteiger partial charge in [-0.3, -0.25) is 9.48 Å². The van der Waals surface area contributed by atoms with Crippen LogP contribution in [0.5, 0.6) is 0 Å². The Kier molecular flexibility index (Phi) is 4.34. The maximum Gasteiger partial charge on any atom is 0.259 e. The lowest BCUT2D eigenvalue weighted by Crippen LogP contribution is -2.15. The molecule has 0 aliphatic carbocycles. The number of carbonyl (C=O) groups excluding carboxylic acids is 1. The fourth-order valence-electron chi connectivity index (χ4n) is 2.96. The van der Waals surface area contributed by atoms with E-state index in [9.17, 15) is 9.18 Å². The highest BCUT2D eigenvalue weighted by molar-refractivity contribution is 6.06. The van der Waals surface area contributed by atoms with Gasteiger partial charge < -0.3 is 9.88 Å². The zero-order valence-corrected chi connectivity index (χ0v) is 15.6. The first-order chi connectivity index (χ1) is 13.4. The second-order valence-corrected chi connectivity index (χ2v) is 6.71. The molecule has 0 spiro atoms. The Labute approximate surface area is 160 Å². The number of aryl methyl sites for hydroxylation is 1. The van der Waals surface area contributed by atoms with E-state index < -0.39 is 11.7 Å². The molecular formula is C19H18FN7O. The first kappa shape index (κ1) is 17.8. The van der Waals surface area contributed by atoms with E-state index >= 15 is 0 Å². The van der Waals surface area contributed by atoms with Gasteiger partial charge in [0.2, 0.25) is 0 Å². The van der Waals surface area contributed by atoms with E-state index in [-0.39, 0.29) is 11.6 Å². The molecule has 0 saturated carbocycles. The van der Waals surface area contributed by atoms with Crippen LogP contribution in [0.1, 0.15) is 30.2 Å². The molecule has 3 aromatic heterocycles. The Hall–Kier alpha value is -3.62. The number of benzene rings is 1. The summed E-state index contributed by atoms with van der Waals surface area (Å²) in [5, 5.41) is 15.5. The molecule has 9 heteroatoms. The number of fused-ring (bicyclic) bond motifs is 1. The molecule has 0 atom stereocenters. The van der Waals surface area contributed by atoms with Crippen LogP contribution in [0.4, 0.5) is 10.2 Å². The molecule has 3 heterocycles. The monoisotopic (exact) mass is 379 g/mol. The van der Waals surface area contributed by atoms with E-state index in [1.54, 1.807) is 42.5 Å². The van der Waals surface area contributed by atoms with Crippen LogP contribution in [-0.2, 0) is 7.05 Å². The smallest absolute Gasteiger partial charge is 0.259 e. The summed E-state index contributed by atoms with van der Waals surface area (Å²) in [5.74, 6) is -0.331. The molecule has 8 nitrogen and oxygen atoms in total. The second kappa shape index (κ2) is 6.84. The molecule has 0 aliphatic rings. The summed E-state index contributed by atoms with van der Waals surface area (Å²) in [6.45, 7) is 4.02. The van der Waals surface area contributed by atoms with E-state index in [0.29, 0.717) is 28.2 Å². The molecule has 0 unspecified atom stereocenters. The van der Waals surface area contributed by atoms with Crippen LogP contribution >= 0.6 is 0 Å². The van der Waals surface area contributed by atoms with Crippen molar-refractivity contribution in [3.05, 3.63) is 54.2 Å². The Bertz CT molecular complexity index is 1180. The quantitative estimate of drug-likeness (QED) is 0.588. The normalized spacial score (nSPS) is 11.3. The SMILES string of the molecule is CC(C)n1cnnc1-c1cccc(NC(=O)c2cc3nn(C)cc3cc2F)n1. The predicted octanol–water partition coefficient (Wildman–Crippen LogP) is 3.20. The third kappa shape index (κ3) is 3.22.